The summed E-state index contributed by atoms with van der Waals surface area (Å²) in [4.78, 5) is 20.1. The predicted octanol–water partition coefficient (Wildman–Crippen LogP) is 2.95. The van der Waals surface area contributed by atoms with Gasteiger partial charge in [-0.25, -0.2) is 4.98 Å². The number of rotatable bonds is 4. The van der Waals surface area contributed by atoms with Crippen LogP contribution in [0.1, 0.15) is 18.5 Å². The lowest BCUT2D eigenvalue weighted by atomic mass is 10.1. The van der Waals surface area contributed by atoms with E-state index in [0.717, 1.165) is 39.3 Å². The second-order valence-corrected chi connectivity index (χ2v) is 6.42. The Bertz CT molecular complexity index is 1080. The summed E-state index contributed by atoms with van der Waals surface area (Å²) in [7, 11) is 0. The largest absolute Gasteiger partial charge is 0.364 e. The molecule has 1 aliphatic carbocycles. The molecule has 0 radical (unpaired) electrons. The highest BCUT2D eigenvalue weighted by molar-refractivity contribution is 5.93. The summed E-state index contributed by atoms with van der Waals surface area (Å²) in [6.07, 6.45) is 4.15. The van der Waals surface area contributed by atoms with Crippen LogP contribution in [0.5, 0.6) is 0 Å². The number of para-hydroxylation sites is 1. The lowest BCUT2D eigenvalue weighted by Gasteiger charge is -2.09. The Kier molecular flexibility index (Phi) is 3.06. The zero-order valence-electron chi connectivity index (χ0n) is 13.8. The van der Waals surface area contributed by atoms with E-state index in [9.17, 15) is 0 Å². The van der Waals surface area contributed by atoms with Crippen molar-refractivity contribution in [3.63, 3.8) is 0 Å². The highest BCUT2D eigenvalue weighted by atomic mass is 15.2. The van der Waals surface area contributed by atoms with Crippen molar-refractivity contribution >= 4 is 39.5 Å². The number of aromatic amines is 2. The monoisotopic (exact) mass is 332 g/mol. The normalized spacial score (nSPS) is 14.1. The first-order valence-corrected chi connectivity index (χ1v) is 8.43. The Hall–Kier alpha value is -3.22. The quantitative estimate of drug-likeness (QED) is 0.534. The van der Waals surface area contributed by atoms with Crippen LogP contribution >= 0.6 is 0 Å². The first-order chi connectivity index (χ1) is 12.3. The third-order valence-electron chi connectivity index (χ3n) is 4.34. The lowest BCUT2D eigenvalue weighted by Crippen LogP contribution is -2.09. The lowest BCUT2D eigenvalue weighted by molar-refractivity contribution is -0.347. The maximum Gasteiger partial charge on any atom is 0.307 e. The average Bonchev–Trinajstić information content (AvgIpc) is 3.28. The number of hydrogen-bond acceptors (Lipinski definition) is 5. The van der Waals surface area contributed by atoms with Gasteiger partial charge in [-0.15, -0.1) is 0 Å². The zero-order valence-corrected chi connectivity index (χ0v) is 13.8. The fraction of sp³-hybridized carbons (Fsp3) is 0.222. The second-order valence-electron chi connectivity index (χ2n) is 6.42. The van der Waals surface area contributed by atoms with E-state index in [4.69, 9.17) is 0 Å². The number of anilines is 3. The van der Waals surface area contributed by atoms with E-state index in [1.165, 1.54) is 12.8 Å². The maximum absolute atomic E-state index is 4.68. The topological polar surface area (TPSA) is 92.7 Å². The molecule has 1 fully saturated rings. The molecule has 124 valence electrons. The van der Waals surface area contributed by atoms with Crippen molar-refractivity contribution in [2.45, 2.75) is 25.8 Å². The predicted molar refractivity (Wildman–Crippen MR) is 96.9 cm³/mol. The minimum atomic E-state index is 0.512. The second kappa shape index (κ2) is 5.41. The molecule has 1 aromatic carbocycles. The van der Waals surface area contributed by atoms with Crippen LogP contribution in [0, 0.1) is 6.92 Å². The van der Waals surface area contributed by atoms with Gasteiger partial charge in [0, 0.05) is 17.1 Å². The summed E-state index contributed by atoms with van der Waals surface area (Å²) in [5.41, 5.74) is 4.53. The highest BCUT2D eigenvalue weighted by Gasteiger charge is 2.25. The number of aryl methyl sites for hydroxylation is 1. The van der Waals surface area contributed by atoms with Crippen LogP contribution in [-0.4, -0.2) is 26.0 Å². The van der Waals surface area contributed by atoms with Gasteiger partial charge in [0.2, 0.25) is 5.52 Å². The molecule has 0 amide bonds. The Morgan fingerprint density at radius 3 is 2.92 bits per heavy atom. The van der Waals surface area contributed by atoms with Crippen molar-refractivity contribution < 1.29 is 4.98 Å². The molecule has 3 heterocycles. The van der Waals surface area contributed by atoms with Crippen molar-refractivity contribution in [3.8, 4) is 0 Å². The van der Waals surface area contributed by atoms with Crippen LogP contribution in [0.25, 0.3) is 22.1 Å². The highest BCUT2D eigenvalue weighted by Crippen LogP contribution is 2.29. The van der Waals surface area contributed by atoms with Gasteiger partial charge in [0.1, 0.15) is 0 Å². The molecule has 0 saturated heterocycles. The summed E-state index contributed by atoms with van der Waals surface area (Å²) in [5.74, 6) is 1.38. The Balaban J connectivity index is 1.60. The molecule has 0 atom stereocenters. The summed E-state index contributed by atoms with van der Waals surface area (Å²) in [5, 5.41) is 7.88. The Morgan fingerprint density at radius 2 is 2.04 bits per heavy atom. The van der Waals surface area contributed by atoms with Gasteiger partial charge in [-0.3, -0.25) is 9.97 Å². The molecule has 4 N–H and O–H groups in total. The molecule has 3 aromatic heterocycles. The molecule has 0 unspecified atom stereocenters. The van der Waals surface area contributed by atoms with Crippen LogP contribution in [0.15, 0.2) is 36.7 Å². The van der Waals surface area contributed by atoms with Crippen LogP contribution in [-0.2, 0) is 0 Å². The van der Waals surface area contributed by atoms with Crippen LogP contribution in [0.2, 0.25) is 0 Å². The molecule has 0 spiro atoms. The maximum atomic E-state index is 4.68. The number of nitrogens with zero attached hydrogens (tertiary/aromatic N) is 3. The summed E-state index contributed by atoms with van der Waals surface area (Å²) < 4.78 is 0. The van der Waals surface area contributed by atoms with E-state index in [0.29, 0.717) is 12.0 Å². The molecule has 0 bridgehead atoms. The molecule has 0 aliphatic heterocycles. The molecular formula is C18H18N7+. The van der Waals surface area contributed by atoms with E-state index >= 15 is 0 Å². The van der Waals surface area contributed by atoms with Crippen molar-refractivity contribution in [1.29, 1.82) is 0 Å². The number of fused-ring (bicyclic) bond motifs is 2. The fourth-order valence-electron chi connectivity index (χ4n) is 2.99. The Morgan fingerprint density at radius 1 is 1.16 bits per heavy atom. The number of H-pyrrole nitrogens is 2. The van der Waals surface area contributed by atoms with E-state index in [1.54, 1.807) is 6.33 Å². The fourth-order valence-corrected chi connectivity index (χ4v) is 2.99. The molecular weight excluding hydrogens is 314 g/mol. The Labute approximate surface area is 143 Å². The third kappa shape index (κ3) is 2.63. The third-order valence-corrected chi connectivity index (χ3v) is 4.34. The van der Waals surface area contributed by atoms with Crippen molar-refractivity contribution in [2.75, 3.05) is 10.6 Å². The zero-order chi connectivity index (χ0) is 16.8. The first kappa shape index (κ1) is 14.2. The standard InChI is InChI=1S/C18H17N7/c1-10-8-14(12-4-2-3-5-13(12)21-10)23-18-24-16-15(19-9-20-16)17(25-18)22-11-6-7-11/h2-5,8-9,11H,6-7H2,1H3,(H3,19,20,21,22,23,24,25)/p+1. The number of pyridine rings is 1. The van der Waals surface area contributed by atoms with E-state index in [1.807, 2.05) is 31.2 Å². The van der Waals surface area contributed by atoms with Gasteiger partial charge in [-0.1, -0.05) is 23.2 Å². The van der Waals surface area contributed by atoms with Gasteiger partial charge in [-0.2, -0.15) is 4.98 Å². The van der Waals surface area contributed by atoms with E-state index in [2.05, 4.69) is 41.6 Å². The van der Waals surface area contributed by atoms with Crippen LogP contribution < -0.4 is 15.6 Å². The SMILES string of the molecule is Cc1cc(Nc2nc(NC3CC3)c3[nH]c[nH+]c3n2)c2ccccc2n1. The molecule has 25 heavy (non-hydrogen) atoms. The van der Waals surface area contributed by atoms with Gasteiger partial charge in [-0.05, 0) is 31.9 Å². The van der Waals surface area contributed by atoms with Crippen molar-refractivity contribution in [3.05, 3.63) is 42.4 Å². The van der Waals surface area contributed by atoms with Crippen LogP contribution in [0.4, 0.5) is 17.5 Å². The van der Waals surface area contributed by atoms with E-state index in [-0.39, 0.29) is 0 Å². The number of hydrogen-bond donors (Lipinski definition) is 3. The average molecular weight is 332 g/mol. The van der Waals surface area contributed by atoms with Crippen molar-refractivity contribution in [2.24, 2.45) is 0 Å². The molecule has 1 saturated carbocycles. The van der Waals surface area contributed by atoms with Gasteiger partial charge < -0.3 is 10.6 Å². The van der Waals surface area contributed by atoms with Gasteiger partial charge in [0.25, 0.3) is 0 Å². The van der Waals surface area contributed by atoms with Crippen molar-refractivity contribution in [1.82, 2.24) is 19.9 Å². The van der Waals surface area contributed by atoms with E-state index < -0.39 is 0 Å². The number of imidazole rings is 1. The van der Waals surface area contributed by atoms with Gasteiger partial charge >= 0.3 is 11.6 Å². The molecule has 4 aromatic rings. The minimum absolute atomic E-state index is 0.512. The first-order valence-electron chi connectivity index (χ1n) is 8.43. The molecule has 7 nitrogen and oxygen atoms in total. The summed E-state index contributed by atoms with van der Waals surface area (Å²) >= 11 is 0. The van der Waals surface area contributed by atoms with Gasteiger partial charge in [0.15, 0.2) is 12.1 Å². The number of aromatic nitrogens is 5. The molecule has 5 rings (SSSR count). The number of benzene rings is 1. The summed E-state index contributed by atoms with van der Waals surface area (Å²) in [6.45, 7) is 1.99. The van der Waals surface area contributed by atoms with Gasteiger partial charge in [0.05, 0.1) is 11.2 Å². The molecule has 7 heteroatoms. The van der Waals surface area contributed by atoms with Crippen LogP contribution in [0.3, 0.4) is 0 Å². The molecule has 1 aliphatic rings. The number of nitrogens with one attached hydrogen (secondary N) is 4. The smallest absolute Gasteiger partial charge is 0.307 e. The minimum Gasteiger partial charge on any atom is -0.364 e. The summed E-state index contributed by atoms with van der Waals surface area (Å²) in [6, 6.07) is 10.6.